The van der Waals surface area contributed by atoms with Crippen LogP contribution in [0, 0.1) is 6.92 Å². The van der Waals surface area contributed by atoms with Gasteiger partial charge in [-0.15, -0.1) is 0 Å². The SMILES string of the molecule is Cc1cccc(Oc2c(C(F)(F)F)oc3cc(OCc4ccc(C(=O)[O-])o4)ccc3c2=O)c1. The van der Waals surface area contributed by atoms with Gasteiger partial charge in [-0.25, -0.2) is 0 Å². The van der Waals surface area contributed by atoms with Crippen LogP contribution in [0.3, 0.4) is 0 Å². The van der Waals surface area contributed by atoms with Gasteiger partial charge in [-0.05, 0) is 48.9 Å². The Bertz CT molecular complexity index is 1400. The zero-order valence-electron chi connectivity index (χ0n) is 16.9. The van der Waals surface area contributed by atoms with Gasteiger partial charge in [-0.1, -0.05) is 12.1 Å². The van der Waals surface area contributed by atoms with E-state index in [4.69, 9.17) is 18.3 Å². The van der Waals surface area contributed by atoms with Crippen LogP contribution in [-0.4, -0.2) is 5.97 Å². The maximum Gasteiger partial charge on any atom is 0.453 e. The number of hydrogen-bond acceptors (Lipinski definition) is 7. The first-order chi connectivity index (χ1) is 15.6. The molecule has 0 aliphatic rings. The van der Waals surface area contributed by atoms with Crippen molar-refractivity contribution in [2.24, 2.45) is 0 Å². The summed E-state index contributed by atoms with van der Waals surface area (Å²) in [6.45, 7) is 1.51. The quantitative estimate of drug-likeness (QED) is 0.420. The number of hydrogen-bond donors (Lipinski definition) is 0. The molecular weight excluding hydrogens is 445 g/mol. The second kappa shape index (κ2) is 8.38. The van der Waals surface area contributed by atoms with Crippen molar-refractivity contribution in [3.63, 3.8) is 0 Å². The Morgan fingerprint density at radius 2 is 1.82 bits per heavy atom. The molecule has 33 heavy (non-hydrogen) atoms. The Kier molecular flexibility index (Phi) is 5.59. The molecule has 0 atom stereocenters. The number of carbonyl (C=O) groups excluding carboxylic acids is 1. The summed E-state index contributed by atoms with van der Waals surface area (Å²) in [5.41, 5.74) is -0.631. The number of alkyl halides is 3. The lowest BCUT2D eigenvalue weighted by atomic mass is 10.2. The second-order valence-corrected chi connectivity index (χ2v) is 7.01. The molecule has 10 heteroatoms. The lowest BCUT2D eigenvalue weighted by Gasteiger charge is -2.14. The summed E-state index contributed by atoms with van der Waals surface area (Å²) >= 11 is 0. The topological polar surface area (TPSA) is 102 Å². The maximum atomic E-state index is 13.7. The number of halogens is 3. The number of carboxylic acids is 1. The van der Waals surface area contributed by atoms with E-state index in [2.05, 4.69) is 0 Å². The van der Waals surface area contributed by atoms with E-state index in [0.29, 0.717) is 0 Å². The van der Waals surface area contributed by atoms with Crippen molar-refractivity contribution in [2.45, 2.75) is 19.7 Å². The number of furan rings is 1. The summed E-state index contributed by atoms with van der Waals surface area (Å²) in [7, 11) is 0. The Balaban J connectivity index is 1.69. The fourth-order valence-electron chi connectivity index (χ4n) is 3.04. The normalized spacial score (nSPS) is 11.5. The zero-order chi connectivity index (χ0) is 23.8. The Morgan fingerprint density at radius 1 is 1.03 bits per heavy atom. The number of benzene rings is 2. The number of rotatable bonds is 6. The predicted octanol–water partition coefficient (Wildman–Crippen LogP) is 4.45. The number of aryl methyl sites for hydroxylation is 1. The molecule has 0 radical (unpaired) electrons. The van der Waals surface area contributed by atoms with E-state index < -0.39 is 34.8 Å². The molecule has 7 nitrogen and oxygen atoms in total. The number of carbonyl (C=O) groups is 1. The average Bonchev–Trinajstić information content (AvgIpc) is 3.23. The Hall–Kier alpha value is -4.21. The molecule has 2 heterocycles. The minimum Gasteiger partial charge on any atom is -0.542 e. The van der Waals surface area contributed by atoms with Crippen molar-refractivity contribution < 1.29 is 41.4 Å². The van der Waals surface area contributed by atoms with E-state index in [1.807, 2.05) is 0 Å². The highest BCUT2D eigenvalue weighted by Crippen LogP contribution is 2.38. The van der Waals surface area contributed by atoms with Gasteiger partial charge in [0.05, 0.1) is 5.39 Å². The Labute approximate surface area is 183 Å². The van der Waals surface area contributed by atoms with Crippen molar-refractivity contribution in [1.82, 2.24) is 0 Å². The summed E-state index contributed by atoms with van der Waals surface area (Å²) in [4.78, 5) is 23.6. The molecule has 0 saturated heterocycles. The molecule has 0 fully saturated rings. The van der Waals surface area contributed by atoms with Crippen molar-refractivity contribution in [1.29, 1.82) is 0 Å². The number of carboxylic acid groups (broad SMARTS) is 1. The number of aromatic carboxylic acids is 1. The average molecular weight is 459 g/mol. The van der Waals surface area contributed by atoms with Crippen LogP contribution in [0.15, 0.2) is 68.2 Å². The molecule has 0 unspecified atom stereocenters. The van der Waals surface area contributed by atoms with Gasteiger partial charge in [-0.2, -0.15) is 13.2 Å². The van der Waals surface area contributed by atoms with Crippen molar-refractivity contribution in [2.75, 3.05) is 0 Å². The smallest absolute Gasteiger partial charge is 0.453 e. The van der Waals surface area contributed by atoms with E-state index in [1.165, 1.54) is 36.4 Å². The van der Waals surface area contributed by atoms with Crippen LogP contribution >= 0.6 is 0 Å². The highest BCUT2D eigenvalue weighted by atomic mass is 19.4. The van der Waals surface area contributed by atoms with Crippen LogP contribution in [0.25, 0.3) is 11.0 Å². The molecule has 0 amide bonds. The van der Waals surface area contributed by atoms with Gasteiger partial charge in [0.1, 0.15) is 41.2 Å². The standard InChI is InChI=1S/C23H15F3O7/c1-12-3-2-4-14(9-12)32-20-19(27)16-7-5-13(10-18(16)33-21(20)23(24,25)26)30-11-15-6-8-17(31-15)22(28)29/h2-10H,11H2,1H3,(H,28,29)/p-1. The van der Waals surface area contributed by atoms with Crippen LogP contribution in [0.4, 0.5) is 13.2 Å². The highest BCUT2D eigenvalue weighted by Gasteiger charge is 2.40. The van der Waals surface area contributed by atoms with E-state index in [-0.39, 0.29) is 34.8 Å². The summed E-state index contributed by atoms with van der Waals surface area (Å²) in [5, 5.41) is 10.6. The van der Waals surface area contributed by atoms with Crippen LogP contribution in [0.1, 0.15) is 27.6 Å². The molecular formula is C23H14F3O7-. The molecule has 0 N–H and O–H groups in total. The van der Waals surface area contributed by atoms with Crippen molar-refractivity contribution >= 4 is 16.9 Å². The first-order valence-electron chi connectivity index (χ1n) is 9.47. The summed E-state index contributed by atoms with van der Waals surface area (Å²) in [6.07, 6.45) is -5.00. The molecule has 2 aromatic heterocycles. The van der Waals surface area contributed by atoms with Gasteiger partial charge in [0.15, 0.2) is 0 Å². The monoisotopic (exact) mass is 459 g/mol. The van der Waals surface area contributed by atoms with E-state index >= 15 is 0 Å². The van der Waals surface area contributed by atoms with Crippen LogP contribution in [-0.2, 0) is 12.8 Å². The van der Waals surface area contributed by atoms with E-state index in [9.17, 15) is 27.9 Å². The second-order valence-electron chi connectivity index (χ2n) is 7.01. The van der Waals surface area contributed by atoms with E-state index in [1.54, 1.807) is 19.1 Å². The zero-order valence-corrected chi connectivity index (χ0v) is 16.9. The summed E-state index contributed by atoms with van der Waals surface area (Å²) in [5.74, 6) is -4.18. The van der Waals surface area contributed by atoms with Crippen molar-refractivity contribution in [3.8, 4) is 17.2 Å². The fraction of sp³-hybridized carbons (Fsp3) is 0.130. The first kappa shape index (κ1) is 22.0. The maximum absolute atomic E-state index is 13.7. The molecule has 0 spiro atoms. The molecule has 2 aromatic carbocycles. The fourth-order valence-corrected chi connectivity index (χ4v) is 3.04. The lowest BCUT2D eigenvalue weighted by molar-refractivity contribution is -0.257. The largest absolute Gasteiger partial charge is 0.542 e. The summed E-state index contributed by atoms with van der Waals surface area (Å²) in [6, 6.07) is 12.5. The van der Waals surface area contributed by atoms with Gasteiger partial charge in [0, 0.05) is 6.07 Å². The third-order valence-corrected chi connectivity index (χ3v) is 4.53. The molecule has 4 rings (SSSR count). The molecule has 4 aromatic rings. The third-order valence-electron chi connectivity index (χ3n) is 4.53. The van der Waals surface area contributed by atoms with Crippen LogP contribution in [0.2, 0.25) is 0 Å². The van der Waals surface area contributed by atoms with Crippen LogP contribution < -0.4 is 20.0 Å². The van der Waals surface area contributed by atoms with E-state index in [0.717, 1.165) is 11.6 Å². The lowest BCUT2D eigenvalue weighted by Crippen LogP contribution is -2.21. The summed E-state index contributed by atoms with van der Waals surface area (Å²) < 4.78 is 61.7. The van der Waals surface area contributed by atoms with Crippen molar-refractivity contribution in [3.05, 3.63) is 87.7 Å². The van der Waals surface area contributed by atoms with Gasteiger partial charge in [0.25, 0.3) is 5.76 Å². The third kappa shape index (κ3) is 4.69. The van der Waals surface area contributed by atoms with Gasteiger partial charge in [0.2, 0.25) is 11.2 Å². The number of fused-ring (bicyclic) bond motifs is 1. The molecule has 0 aliphatic heterocycles. The minimum absolute atomic E-state index is 0.0569. The molecule has 170 valence electrons. The Morgan fingerprint density at radius 3 is 2.48 bits per heavy atom. The highest BCUT2D eigenvalue weighted by molar-refractivity contribution is 5.82. The van der Waals surface area contributed by atoms with Gasteiger partial charge < -0.3 is 28.2 Å². The molecule has 0 saturated carbocycles. The predicted molar refractivity (Wildman–Crippen MR) is 106 cm³/mol. The minimum atomic E-state index is -5.00. The molecule has 0 bridgehead atoms. The molecule has 0 aliphatic carbocycles. The van der Waals surface area contributed by atoms with Gasteiger partial charge in [-0.3, -0.25) is 4.79 Å². The van der Waals surface area contributed by atoms with Crippen LogP contribution in [0.5, 0.6) is 17.2 Å². The number of ether oxygens (including phenoxy) is 2. The first-order valence-corrected chi connectivity index (χ1v) is 9.47. The van der Waals surface area contributed by atoms with Gasteiger partial charge >= 0.3 is 6.18 Å².